The van der Waals surface area contributed by atoms with E-state index in [1.165, 1.54) is 6.42 Å². The van der Waals surface area contributed by atoms with Crippen molar-refractivity contribution in [1.82, 2.24) is 15.1 Å². The molecule has 1 N–H and O–H groups in total. The lowest BCUT2D eigenvalue weighted by atomic mass is 9.91. The molecule has 1 aromatic heterocycles. The molecule has 0 aliphatic heterocycles. The van der Waals surface area contributed by atoms with Crippen LogP contribution in [0.2, 0.25) is 0 Å². The standard InChI is InChI=1S/C10H14BrN3O/c11-4-5-14(9-2-1-3-9)10(15)8-6-12-13-7-8/h6-7,9H,1-5H2,(H,12,13). The number of aromatic amines is 1. The fourth-order valence-electron chi connectivity index (χ4n) is 1.77. The largest absolute Gasteiger partial charge is 0.335 e. The molecule has 1 amide bonds. The maximum atomic E-state index is 12.1. The van der Waals surface area contributed by atoms with Crippen LogP contribution in [0.1, 0.15) is 29.6 Å². The van der Waals surface area contributed by atoms with Crippen molar-refractivity contribution in [3.05, 3.63) is 18.0 Å². The Balaban J connectivity index is 2.06. The number of H-pyrrole nitrogens is 1. The van der Waals surface area contributed by atoms with Crippen molar-refractivity contribution in [3.8, 4) is 0 Å². The number of hydrogen-bond acceptors (Lipinski definition) is 2. The van der Waals surface area contributed by atoms with Crippen LogP contribution in [0.4, 0.5) is 0 Å². The van der Waals surface area contributed by atoms with E-state index in [4.69, 9.17) is 0 Å². The molecule has 1 aliphatic rings. The predicted octanol–water partition coefficient (Wildman–Crippen LogP) is 1.80. The van der Waals surface area contributed by atoms with E-state index in [0.29, 0.717) is 11.6 Å². The molecule has 0 bridgehead atoms. The van der Waals surface area contributed by atoms with E-state index in [1.807, 2.05) is 4.90 Å². The molecule has 82 valence electrons. The summed E-state index contributed by atoms with van der Waals surface area (Å²) in [5, 5.41) is 7.30. The summed E-state index contributed by atoms with van der Waals surface area (Å²) in [4.78, 5) is 14.0. The Morgan fingerprint density at radius 1 is 1.67 bits per heavy atom. The van der Waals surface area contributed by atoms with E-state index in [2.05, 4.69) is 26.1 Å². The molecule has 4 nitrogen and oxygen atoms in total. The van der Waals surface area contributed by atoms with Gasteiger partial charge in [-0.05, 0) is 19.3 Å². The number of nitrogens with zero attached hydrogens (tertiary/aromatic N) is 2. The van der Waals surface area contributed by atoms with Crippen molar-refractivity contribution in [2.75, 3.05) is 11.9 Å². The Labute approximate surface area is 97.2 Å². The number of carbonyl (C=O) groups excluding carboxylic acids is 1. The third-order valence-corrected chi connectivity index (χ3v) is 3.20. The molecule has 1 aromatic rings. The van der Waals surface area contributed by atoms with Gasteiger partial charge in [-0.1, -0.05) is 15.9 Å². The lowest BCUT2D eigenvalue weighted by Gasteiger charge is -2.37. The second-order valence-electron chi connectivity index (χ2n) is 3.76. The third kappa shape index (κ3) is 2.22. The Bertz CT molecular complexity index is 321. The third-order valence-electron chi connectivity index (χ3n) is 2.85. The first-order chi connectivity index (χ1) is 7.33. The number of alkyl halides is 1. The van der Waals surface area contributed by atoms with Crippen LogP contribution in [0, 0.1) is 0 Å². The van der Waals surface area contributed by atoms with Gasteiger partial charge in [0.25, 0.3) is 5.91 Å². The second-order valence-corrected chi connectivity index (χ2v) is 4.55. The van der Waals surface area contributed by atoms with E-state index in [9.17, 15) is 4.79 Å². The molecule has 0 unspecified atom stereocenters. The molecule has 0 radical (unpaired) electrons. The van der Waals surface area contributed by atoms with Crippen LogP contribution in [0.5, 0.6) is 0 Å². The van der Waals surface area contributed by atoms with Crippen molar-refractivity contribution in [2.45, 2.75) is 25.3 Å². The summed E-state index contributed by atoms with van der Waals surface area (Å²) in [5.41, 5.74) is 0.655. The Morgan fingerprint density at radius 3 is 2.93 bits per heavy atom. The molecular weight excluding hydrogens is 258 g/mol. The topological polar surface area (TPSA) is 49.0 Å². The van der Waals surface area contributed by atoms with E-state index >= 15 is 0 Å². The van der Waals surface area contributed by atoms with Crippen LogP contribution in [0.3, 0.4) is 0 Å². The van der Waals surface area contributed by atoms with Gasteiger partial charge in [0.15, 0.2) is 0 Å². The van der Waals surface area contributed by atoms with Gasteiger partial charge in [0.05, 0.1) is 11.8 Å². The zero-order valence-corrected chi connectivity index (χ0v) is 10.0. The monoisotopic (exact) mass is 271 g/mol. The number of hydrogen-bond donors (Lipinski definition) is 1. The normalized spacial score (nSPS) is 16.1. The van der Waals surface area contributed by atoms with Crippen LogP contribution >= 0.6 is 15.9 Å². The fraction of sp³-hybridized carbons (Fsp3) is 0.600. The smallest absolute Gasteiger partial charge is 0.257 e. The molecule has 1 saturated carbocycles. The van der Waals surface area contributed by atoms with Crippen molar-refractivity contribution in [1.29, 1.82) is 0 Å². The molecule has 1 heterocycles. The summed E-state index contributed by atoms with van der Waals surface area (Å²) in [6, 6.07) is 0.435. The van der Waals surface area contributed by atoms with Crippen molar-refractivity contribution < 1.29 is 4.79 Å². The van der Waals surface area contributed by atoms with Gasteiger partial charge in [-0.2, -0.15) is 5.10 Å². The highest BCUT2D eigenvalue weighted by atomic mass is 79.9. The zero-order valence-electron chi connectivity index (χ0n) is 8.45. The lowest BCUT2D eigenvalue weighted by Crippen LogP contribution is -2.45. The second kappa shape index (κ2) is 4.79. The molecule has 0 aromatic carbocycles. The number of halogens is 1. The Kier molecular flexibility index (Phi) is 3.41. The van der Waals surface area contributed by atoms with Crippen molar-refractivity contribution in [2.24, 2.45) is 0 Å². The van der Waals surface area contributed by atoms with Gasteiger partial charge in [0.1, 0.15) is 0 Å². The highest BCUT2D eigenvalue weighted by Gasteiger charge is 2.29. The Hall–Kier alpha value is -0.840. The summed E-state index contributed by atoms with van der Waals surface area (Å²) in [6.07, 6.45) is 6.75. The minimum absolute atomic E-state index is 0.0906. The van der Waals surface area contributed by atoms with Gasteiger partial charge in [0, 0.05) is 24.1 Å². The molecule has 5 heteroatoms. The quantitative estimate of drug-likeness (QED) is 0.850. The molecule has 15 heavy (non-hydrogen) atoms. The maximum Gasteiger partial charge on any atom is 0.257 e. The van der Waals surface area contributed by atoms with Gasteiger partial charge in [-0.25, -0.2) is 0 Å². The lowest BCUT2D eigenvalue weighted by molar-refractivity contribution is 0.0599. The highest BCUT2D eigenvalue weighted by Crippen LogP contribution is 2.26. The average molecular weight is 272 g/mol. The van der Waals surface area contributed by atoms with Gasteiger partial charge in [-0.15, -0.1) is 0 Å². The molecule has 0 atom stereocenters. The van der Waals surface area contributed by atoms with Crippen molar-refractivity contribution >= 4 is 21.8 Å². The highest BCUT2D eigenvalue weighted by molar-refractivity contribution is 9.09. The number of rotatable bonds is 4. The van der Waals surface area contributed by atoms with E-state index < -0.39 is 0 Å². The molecule has 2 rings (SSSR count). The molecule has 0 spiro atoms. The minimum atomic E-state index is 0.0906. The first-order valence-electron chi connectivity index (χ1n) is 5.18. The van der Waals surface area contributed by atoms with Crippen LogP contribution in [0.25, 0.3) is 0 Å². The maximum absolute atomic E-state index is 12.1. The van der Waals surface area contributed by atoms with Gasteiger partial charge in [-0.3, -0.25) is 9.89 Å². The summed E-state index contributed by atoms with van der Waals surface area (Å²) in [7, 11) is 0. The van der Waals surface area contributed by atoms with E-state index in [0.717, 1.165) is 24.7 Å². The van der Waals surface area contributed by atoms with Gasteiger partial charge in [0.2, 0.25) is 0 Å². The predicted molar refractivity (Wildman–Crippen MR) is 61.1 cm³/mol. The fourth-order valence-corrected chi connectivity index (χ4v) is 2.16. The van der Waals surface area contributed by atoms with Crippen LogP contribution in [0.15, 0.2) is 12.4 Å². The number of nitrogens with one attached hydrogen (secondary N) is 1. The van der Waals surface area contributed by atoms with Crippen LogP contribution in [-0.4, -0.2) is 38.9 Å². The average Bonchev–Trinajstić information content (AvgIpc) is 2.66. The SMILES string of the molecule is O=C(c1cn[nH]c1)N(CCBr)C1CCC1. The van der Waals surface area contributed by atoms with Gasteiger partial charge >= 0.3 is 0 Å². The summed E-state index contributed by atoms with van der Waals surface area (Å²) >= 11 is 3.39. The summed E-state index contributed by atoms with van der Waals surface area (Å²) in [5.74, 6) is 0.0906. The number of aromatic nitrogens is 2. The van der Waals surface area contributed by atoms with Crippen LogP contribution < -0.4 is 0 Å². The Morgan fingerprint density at radius 2 is 2.47 bits per heavy atom. The van der Waals surface area contributed by atoms with Gasteiger partial charge < -0.3 is 4.90 Å². The summed E-state index contributed by atoms with van der Waals surface area (Å²) in [6.45, 7) is 0.772. The molecule has 1 aliphatic carbocycles. The number of carbonyl (C=O) groups is 1. The first kappa shape index (κ1) is 10.7. The van der Waals surface area contributed by atoms with Crippen molar-refractivity contribution in [3.63, 3.8) is 0 Å². The zero-order chi connectivity index (χ0) is 10.7. The summed E-state index contributed by atoms with van der Waals surface area (Å²) < 4.78 is 0. The molecular formula is C10H14BrN3O. The van der Waals surface area contributed by atoms with Crippen LogP contribution in [-0.2, 0) is 0 Å². The van der Waals surface area contributed by atoms with E-state index in [-0.39, 0.29) is 5.91 Å². The first-order valence-corrected chi connectivity index (χ1v) is 6.31. The molecule has 1 fully saturated rings. The molecule has 0 saturated heterocycles. The number of amides is 1. The van der Waals surface area contributed by atoms with E-state index in [1.54, 1.807) is 12.4 Å². The minimum Gasteiger partial charge on any atom is -0.335 e.